The van der Waals surface area contributed by atoms with E-state index < -0.39 is 11.4 Å². The lowest BCUT2D eigenvalue weighted by atomic mass is 9.77. The molecule has 4 heteroatoms. The Morgan fingerprint density at radius 2 is 1.38 bits per heavy atom. The molecule has 26 heavy (non-hydrogen) atoms. The van der Waals surface area contributed by atoms with Gasteiger partial charge in [0.05, 0.1) is 18.4 Å². The standard InChI is InChI=1S/C22H42O4/c1-5-7-8-9-10-11-12-13-14-15-16-22(6-2,17-20(23)24)21(25)26-18-19(3)4/h19H,5-18H2,1-4H3,(H,23,24). The van der Waals surface area contributed by atoms with Crippen molar-refractivity contribution in [3.05, 3.63) is 0 Å². The van der Waals surface area contributed by atoms with Crippen molar-refractivity contribution in [3.63, 3.8) is 0 Å². The van der Waals surface area contributed by atoms with Crippen molar-refractivity contribution in [2.24, 2.45) is 11.3 Å². The van der Waals surface area contributed by atoms with E-state index in [9.17, 15) is 14.7 Å². The molecule has 0 heterocycles. The summed E-state index contributed by atoms with van der Waals surface area (Å²) < 4.78 is 5.40. The van der Waals surface area contributed by atoms with Gasteiger partial charge in [0, 0.05) is 0 Å². The molecule has 4 nitrogen and oxygen atoms in total. The van der Waals surface area contributed by atoms with Crippen LogP contribution in [0.2, 0.25) is 0 Å². The number of hydrogen-bond acceptors (Lipinski definition) is 3. The van der Waals surface area contributed by atoms with E-state index >= 15 is 0 Å². The maximum Gasteiger partial charge on any atom is 0.312 e. The van der Waals surface area contributed by atoms with Gasteiger partial charge in [-0.05, 0) is 18.8 Å². The molecule has 0 bridgehead atoms. The van der Waals surface area contributed by atoms with Crippen LogP contribution in [0.15, 0.2) is 0 Å². The van der Waals surface area contributed by atoms with Crippen molar-refractivity contribution in [1.29, 1.82) is 0 Å². The largest absolute Gasteiger partial charge is 0.481 e. The summed E-state index contributed by atoms with van der Waals surface area (Å²) in [6, 6.07) is 0. The van der Waals surface area contributed by atoms with Crippen molar-refractivity contribution < 1.29 is 19.4 Å². The minimum atomic E-state index is -0.916. The lowest BCUT2D eigenvalue weighted by molar-refractivity contribution is -0.163. The molecule has 0 aromatic heterocycles. The number of carboxylic acids is 1. The summed E-state index contributed by atoms with van der Waals surface area (Å²) in [7, 11) is 0. The first-order chi connectivity index (χ1) is 12.4. The van der Waals surface area contributed by atoms with Crippen LogP contribution in [0.1, 0.15) is 111 Å². The normalized spacial score (nSPS) is 13.6. The number of aliphatic carboxylic acids is 1. The summed E-state index contributed by atoms with van der Waals surface area (Å²) in [6.07, 6.45) is 13.3. The number of carboxylic acid groups (broad SMARTS) is 1. The zero-order valence-corrected chi connectivity index (χ0v) is 17.6. The van der Waals surface area contributed by atoms with E-state index in [-0.39, 0.29) is 18.3 Å². The second kappa shape index (κ2) is 15.0. The Bertz CT molecular complexity index is 378. The molecule has 154 valence electrons. The van der Waals surface area contributed by atoms with Gasteiger partial charge in [-0.1, -0.05) is 91.9 Å². The van der Waals surface area contributed by atoms with Crippen molar-refractivity contribution in [2.45, 2.75) is 111 Å². The molecule has 0 radical (unpaired) electrons. The van der Waals surface area contributed by atoms with Gasteiger partial charge in [0.15, 0.2) is 0 Å². The molecule has 0 spiro atoms. The van der Waals surface area contributed by atoms with Gasteiger partial charge in [0.2, 0.25) is 0 Å². The third-order valence-electron chi connectivity index (χ3n) is 5.16. The molecule has 0 saturated carbocycles. The summed E-state index contributed by atoms with van der Waals surface area (Å²) in [5.74, 6) is -0.983. The number of hydrogen-bond donors (Lipinski definition) is 1. The van der Waals surface area contributed by atoms with E-state index in [4.69, 9.17) is 4.74 Å². The average Bonchev–Trinajstić information content (AvgIpc) is 2.59. The molecule has 0 aliphatic rings. The Labute approximate surface area is 161 Å². The molecule has 0 rings (SSSR count). The highest BCUT2D eigenvalue weighted by molar-refractivity contribution is 5.82. The van der Waals surface area contributed by atoms with Crippen LogP contribution < -0.4 is 0 Å². The number of ether oxygens (including phenoxy) is 1. The number of unbranched alkanes of at least 4 members (excludes halogenated alkanes) is 9. The number of carbonyl (C=O) groups excluding carboxylic acids is 1. The fourth-order valence-corrected chi connectivity index (χ4v) is 3.34. The number of rotatable bonds is 17. The average molecular weight is 371 g/mol. The molecule has 1 unspecified atom stereocenters. The minimum Gasteiger partial charge on any atom is -0.481 e. The van der Waals surface area contributed by atoms with Crippen LogP contribution in [-0.4, -0.2) is 23.7 Å². The highest BCUT2D eigenvalue weighted by Gasteiger charge is 2.40. The van der Waals surface area contributed by atoms with Crippen LogP contribution in [0.4, 0.5) is 0 Å². The van der Waals surface area contributed by atoms with E-state index in [0.29, 0.717) is 19.4 Å². The molecular formula is C22H42O4. The third kappa shape index (κ3) is 11.5. The molecule has 0 fully saturated rings. The first kappa shape index (κ1) is 24.9. The van der Waals surface area contributed by atoms with Gasteiger partial charge in [-0.2, -0.15) is 0 Å². The van der Waals surface area contributed by atoms with E-state index in [2.05, 4.69) is 6.92 Å². The van der Waals surface area contributed by atoms with Crippen molar-refractivity contribution in [2.75, 3.05) is 6.61 Å². The predicted octanol–water partition coefficient (Wildman–Crippen LogP) is 6.37. The van der Waals surface area contributed by atoms with E-state index in [0.717, 1.165) is 12.8 Å². The minimum absolute atomic E-state index is 0.127. The monoisotopic (exact) mass is 370 g/mol. The second-order valence-corrected chi connectivity index (χ2v) is 8.13. The van der Waals surface area contributed by atoms with E-state index in [1.165, 1.54) is 51.4 Å². The van der Waals surface area contributed by atoms with Gasteiger partial charge < -0.3 is 9.84 Å². The maximum absolute atomic E-state index is 12.5. The lowest BCUT2D eigenvalue weighted by Crippen LogP contribution is -2.35. The highest BCUT2D eigenvalue weighted by Crippen LogP contribution is 2.35. The Balaban J connectivity index is 4.22. The zero-order chi connectivity index (χ0) is 19.8. The van der Waals surface area contributed by atoms with Crippen LogP contribution in [0.25, 0.3) is 0 Å². The second-order valence-electron chi connectivity index (χ2n) is 8.13. The first-order valence-corrected chi connectivity index (χ1v) is 10.8. The van der Waals surface area contributed by atoms with Gasteiger partial charge >= 0.3 is 11.9 Å². The topological polar surface area (TPSA) is 63.6 Å². The van der Waals surface area contributed by atoms with Crippen LogP contribution >= 0.6 is 0 Å². The third-order valence-corrected chi connectivity index (χ3v) is 5.16. The van der Waals surface area contributed by atoms with Crippen molar-refractivity contribution in [3.8, 4) is 0 Å². The van der Waals surface area contributed by atoms with Gasteiger partial charge in [-0.15, -0.1) is 0 Å². The van der Waals surface area contributed by atoms with Gasteiger partial charge in [0.1, 0.15) is 0 Å². The van der Waals surface area contributed by atoms with E-state index in [1.807, 2.05) is 20.8 Å². The molecule has 0 aromatic carbocycles. The van der Waals surface area contributed by atoms with Gasteiger partial charge in [-0.3, -0.25) is 9.59 Å². The summed E-state index contributed by atoms with van der Waals surface area (Å²) >= 11 is 0. The Morgan fingerprint density at radius 3 is 1.81 bits per heavy atom. The molecule has 0 aliphatic heterocycles. The van der Waals surface area contributed by atoms with Crippen molar-refractivity contribution in [1.82, 2.24) is 0 Å². The Kier molecular flexibility index (Phi) is 14.4. The zero-order valence-electron chi connectivity index (χ0n) is 17.6. The van der Waals surface area contributed by atoms with Crippen LogP contribution in [0.5, 0.6) is 0 Å². The number of carbonyl (C=O) groups is 2. The molecule has 0 aliphatic carbocycles. The van der Waals surface area contributed by atoms with Gasteiger partial charge in [0.25, 0.3) is 0 Å². The molecule has 0 amide bonds. The van der Waals surface area contributed by atoms with Gasteiger partial charge in [-0.25, -0.2) is 0 Å². The fourth-order valence-electron chi connectivity index (χ4n) is 3.34. The van der Waals surface area contributed by atoms with Crippen LogP contribution in [0, 0.1) is 11.3 Å². The highest BCUT2D eigenvalue weighted by atomic mass is 16.5. The molecular weight excluding hydrogens is 328 g/mol. The molecule has 1 atom stereocenters. The first-order valence-electron chi connectivity index (χ1n) is 10.8. The number of esters is 1. The van der Waals surface area contributed by atoms with E-state index in [1.54, 1.807) is 0 Å². The smallest absolute Gasteiger partial charge is 0.312 e. The SMILES string of the molecule is CCCCCCCCCCCCC(CC)(CC(=O)O)C(=O)OCC(C)C. The maximum atomic E-state index is 12.5. The summed E-state index contributed by atoms with van der Waals surface area (Å²) in [5, 5.41) is 9.26. The van der Waals surface area contributed by atoms with Crippen LogP contribution in [0.3, 0.4) is 0 Å². The fraction of sp³-hybridized carbons (Fsp3) is 0.909. The van der Waals surface area contributed by atoms with Crippen LogP contribution in [-0.2, 0) is 14.3 Å². The predicted molar refractivity (Wildman–Crippen MR) is 107 cm³/mol. The molecule has 1 N–H and O–H groups in total. The summed E-state index contributed by atoms with van der Waals surface area (Å²) in [6.45, 7) is 8.47. The quantitative estimate of drug-likeness (QED) is 0.239. The molecule has 0 saturated heterocycles. The molecule has 0 aromatic rings. The Morgan fingerprint density at radius 1 is 0.885 bits per heavy atom. The summed E-state index contributed by atoms with van der Waals surface area (Å²) in [5.41, 5.74) is -0.860. The lowest BCUT2D eigenvalue weighted by Gasteiger charge is -2.29. The summed E-state index contributed by atoms with van der Waals surface area (Å²) in [4.78, 5) is 23.8. The Hall–Kier alpha value is -1.06. The van der Waals surface area contributed by atoms with Crippen molar-refractivity contribution >= 4 is 11.9 Å².